The van der Waals surface area contributed by atoms with Crippen molar-refractivity contribution in [2.24, 2.45) is 0 Å². The van der Waals surface area contributed by atoms with Crippen LogP contribution in [0, 0.1) is 13.8 Å². The molecule has 0 unspecified atom stereocenters. The van der Waals surface area contributed by atoms with Crippen molar-refractivity contribution < 1.29 is 4.79 Å². The zero-order valence-electron chi connectivity index (χ0n) is 15.1. The summed E-state index contributed by atoms with van der Waals surface area (Å²) in [7, 11) is 0. The molecular formula is C17H20N6OS2. The number of amides is 1. The summed E-state index contributed by atoms with van der Waals surface area (Å²) in [5.41, 5.74) is 1.89. The van der Waals surface area contributed by atoms with Crippen LogP contribution in [0.1, 0.15) is 24.4 Å². The number of aromatic nitrogens is 5. The van der Waals surface area contributed by atoms with E-state index in [9.17, 15) is 4.79 Å². The van der Waals surface area contributed by atoms with Gasteiger partial charge in [0.15, 0.2) is 16.1 Å². The number of pyridine rings is 1. The molecule has 7 nitrogen and oxygen atoms in total. The number of thioether (sulfide) groups is 1. The summed E-state index contributed by atoms with van der Waals surface area (Å²) < 4.78 is 2.00. The van der Waals surface area contributed by atoms with Gasteiger partial charge in [-0.1, -0.05) is 11.8 Å². The van der Waals surface area contributed by atoms with Gasteiger partial charge in [-0.15, -0.1) is 21.5 Å². The zero-order chi connectivity index (χ0) is 18.7. The Kier molecular flexibility index (Phi) is 5.67. The van der Waals surface area contributed by atoms with E-state index in [4.69, 9.17) is 0 Å². The number of rotatable bonds is 6. The molecular weight excluding hydrogens is 368 g/mol. The van der Waals surface area contributed by atoms with Crippen molar-refractivity contribution >= 4 is 34.1 Å². The fourth-order valence-corrected chi connectivity index (χ4v) is 4.05. The highest BCUT2D eigenvalue weighted by atomic mass is 32.2. The number of carbonyl (C=O) groups is 1. The van der Waals surface area contributed by atoms with Crippen LogP contribution in [-0.4, -0.2) is 35.9 Å². The number of anilines is 1. The first-order valence-corrected chi connectivity index (χ1v) is 9.94. The fourth-order valence-electron chi connectivity index (χ4n) is 2.32. The average molecular weight is 389 g/mol. The van der Waals surface area contributed by atoms with Gasteiger partial charge in [0.2, 0.25) is 5.91 Å². The van der Waals surface area contributed by atoms with Crippen LogP contribution in [0.3, 0.4) is 0 Å². The summed E-state index contributed by atoms with van der Waals surface area (Å²) in [6.45, 7) is 8.53. The molecule has 0 radical (unpaired) electrons. The molecule has 0 aliphatic rings. The largest absolute Gasteiger partial charge is 0.302 e. The second-order valence-electron chi connectivity index (χ2n) is 5.70. The molecule has 1 atom stereocenters. The Balaban J connectivity index is 1.73. The highest BCUT2D eigenvalue weighted by molar-refractivity contribution is 8.00. The number of aryl methyl sites for hydroxylation is 2. The zero-order valence-corrected chi connectivity index (χ0v) is 16.7. The third-order valence-electron chi connectivity index (χ3n) is 3.88. The van der Waals surface area contributed by atoms with E-state index in [2.05, 4.69) is 25.5 Å². The minimum Gasteiger partial charge on any atom is -0.302 e. The lowest BCUT2D eigenvalue weighted by Crippen LogP contribution is -2.22. The molecule has 136 valence electrons. The topological polar surface area (TPSA) is 85.6 Å². The van der Waals surface area contributed by atoms with E-state index in [0.29, 0.717) is 16.8 Å². The van der Waals surface area contributed by atoms with Crippen molar-refractivity contribution in [2.75, 3.05) is 5.32 Å². The van der Waals surface area contributed by atoms with Crippen LogP contribution in [0.5, 0.6) is 0 Å². The Hall–Kier alpha value is -2.26. The Bertz CT molecular complexity index is 886. The lowest BCUT2D eigenvalue weighted by Gasteiger charge is -2.11. The predicted octanol–water partition coefficient (Wildman–Crippen LogP) is 3.55. The number of thiazole rings is 1. The molecule has 0 fully saturated rings. The molecule has 0 saturated carbocycles. The van der Waals surface area contributed by atoms with Gasteiger partial charge in [0.25, 0.3) is 0 Å². The normalized spacial score (nSPS) is 12.2. The van der Waals surface area contributed by atoms with Crippen LogP contribution >= 0.6 is 23.1 Å². The maximum atomic E-state index is 12.5. The summed E-state index contributed by atoms with van der Waals surface area (Å²) in [5.74, 6) is 0.677. The van der Waals surface area contributed by atoms with Crippen LogP contribution in [0.4, 0.5) is 5.13 Å². The molecule has 0 bridgehead atoms. The number of hydrogen-bond donors (Lipinski definition) is 1. The molecule has 3 rings (SSSR count). The minimum atomic E-state index is -0.320. The molecule has 3 aromatic rings. The van der Waals surface area contributed by atoms with Crippen LogP contribution in [0.25, 0.3) is 11.4 Å². The molecule has 9 heteroatoms. The molecule has 26 heavy (non-hydrogen) atoms. The molecule has 3 heterocycles. The minimum absolute atomic E-state index is 0.0973. The lowest BCUT2D eigenvalue weighted by molar-refractivity contribution is -0.115. The summed E-state index contributed by atoms with van der Waals surface area (Å²) >= 11 is 2.87. The van der Waals surface area contributed by atoms with Gasteiger partial charge in [0, 0.05) is 29.4 Å². The second-order valence-corrected chi connectivity index (χ2v) is 8.21. The highest BCUT2D eigenvalue weighted by Gasteiger charge is 2.21. The Morgan fingerprint density at radius 2 is 2.04 bits per heavy atom. The van der Waals surface area contributed by atoms with Crippen molar-refractivity contribution in [3.8, 4) is 11.4 Å². The molecule has 0 aliphatic carbocycles. The van der Waals surface area contributed by atoms with Crippen LogP contribution in [0.2, 0.25) is 0 Å². The molecule has 0 spiro atoms. The summed E-state index contributed by atoms with van der Waals surface area (Å²) in [6, 6.07) is 3.79. The van der Waals surface area contributed by atoms with E-state index in [0.717, 1.165) is 22.0 Å². The molecule has 0 aromatic carbocycles. The maximum absolute atomic E-state index is 12.5. The third-order valence-corrected chi connectivity index (χ3v) is 5.95. The third kappa shape index (κ3) is 3.94. The number of nitrogens with zero attached hydrogens (tertiary/aromatic N) is 5. The summed E-state index contributed by atoms with van der Waals surface area (Å²) in [6.07, 6.45) is 3.45. The lowest BCUT2D eigenvalue weighted by atomic mass is 10.2. The van der Waals surface area contributed by atoms with E-state index in [-0.39, 0.29) is 11.2 Å². The van der Waals surface area contributed by atoms with E-state index in [1.54, 1.807) is 12.4 Å². The van der Waals surface area contributed by atoms with E-state index in [1.807, 2.05) is 44.4 Å². The average Bonchev–Trinajstić information content (AvgIpc) is 3.18. The Morgan fingerprint density at radius 3 is 2.65 bits per heavy atom. The predicted molar refractivity (Wildman–Crippen MR) is 104 cm³/mol. The van der Waals surface area contributed by atoms with Crippen molar-refractivity contribution in [1.82, 2.24) is 24.7 Å². The van der Waals surface area contributed by atoms with E-state index in [1.165, 1.54) is 23.1 Å². The van der Waals surface area contributed by atoms with E-state index >= 15 is 0 Å². The SMILES string of the molecule is CCn1c(S[C@H](C)C(=O)Nc2nc(C)c(C)s2)nnc1-c1ccncc1. The number of hydrogen-bond acceptors (Lipinski definition) is 7. The van der Waals surface area contributed by atoms with Crippen molar-refractivity contribution in [3.05, 3.63) is 35.1 Å². The van der Waals surface area contributed by atoms with Crippen LogP contribution in [-0.2, 0) is 11.3 Å². The maximum Gasteiger partial charge on any atom is 0.239 e. The van der Waals surface area contributed by atoms with Gasteiger partial charge < -0.3 is 9.88 Å². The molecule has 1 N–H and O–H groups in total. The highest BCUT2D eigenvalue weighted by Crippen LogP contribution is 2.28. The summed E-state index contributed by atoms with van der Waals surface area (Å²) in [5, 5.41) is 12.5. The van der Waals surface area contributed by atoms with Gasteiger partial charge in [0.1, 0.15) is 0 Å². The Labute approximate surface area is 160 Å². The first-order valence-electron chi connectivity index (χ1n) is 8.24. The van der Waals surface area contributed by atoms with E-state index < -0.39 is 0 Å². The van der Waals surface area contributed by atoms with Gasteiger partial charge in [0.05, 0.1) is 10.9 Å². The number of nitrogens with one attached hydrogen (secondary N) is 1. The fraction of sp³-hybridized carbons (Fsp3) is 0.353. The van der Waals surface area contributed by atoms with Gasteiger partial charge in [-0.05, 0) is 39.8 Å². The standard InChI is InChI=1S/C17H20N6OS2/c1-5-23-14(13-6-8-18-9-7-13)21-22-17(23)26-12(4)15(24)20-16-19-10(2)11(3)25-16/h6-9,12H,5H2,1-4H3,(H,19,20,24)/t12-/m1/s1. The molecule has 0 aliphatic heterocycles. The first kappa shape index (κ1) is 18.5. The first-order chi connectivity index (χ1) is 12.5. The molecule has 3 aromatic heterocycles. The Morgan fingerprint density at radius 1 is 1.31 bits per heavy atom. The van der Waals surface area contributed by atoms with Crippen LogP contribution < -0.4 is 5.32 Å². The van der Waals surface area contributed by atoms with Crippen molar-refractivity contribution in [1.29, 1.82) is 0 Å². The monoisotopic (exact) mass is 388 g/mol. The number of carbonyl (C=O) groups excluding carboxylic acids is 1. The molecule has 0 saturated heterocycles. The van der Waals surface area contributed by atoms with Gasteiger partial charge >= 0.3 is 0 Å². The quantitative estimate of drug-likeness (QED) is 0.650. The van der Waals surface area contributed by atoms with Crippen molar-refractivity contribution in [3.63, 3.8) is 0 Å². The molecule has 1 amide bonds. The van der Waals surface area contributed by atoms with Crippen LogP contribution in [0.15, 0.2) is 29.7 Å². The van der Waals surface area contributed by atoms with Gasteiger partial charge in [-0.2, -0.15) is 0 Å². The summed E-state index contributed by atoms with van der Waals surface area (Å²) in [4.78, 5) is 22.0. The second kappa shape index (κ2) is 7.96. The van der Waals surface area contributed by atoms with Gasteiger partial charge in [-0.3, -0.25) is 9.78 Å². The van der Waals surface area contributed by atoms with Gasteiger partial charge in [-0.25, -0.2) is 4.98 Å². The smallest absolute Gasteiger partial charge is 0.239 e. The van der Waals surface area contributed by atoms with Crippen molar-refractivity contribution in [2.45, 2.75) is 44.6 Å².